The van der Waals surface area contributed by atoms with Gasteiger partial charge in [-0.2, -0.15) is 0 Å². The van der Waals surface area contributed by atoms with Crippen LogP contribution in [0.15, 0.2) is 18.2 Å². The van der Waals surface area contributed by atoms with E-state index in [0.717, 1.165) is 12.8 Å². The fourth-order valence-electron chi connectivity index (χ4n) is 5.08. The summed E-state index contributed by atoms with van der Waals surface area (Å²) in [5.41, 5.74) is 0.0842. The molecule has 4 atom stereocenters. The van der Waals surface area contributed by atoms with E-state index in [0.29, 0.717) is 35.2 Å². The van der Waals surface area contributed by atoms with Crippen molar-refractivity contribution in [3.05, 3.63) is 28.8 Å². The Labute approximate surface area is 170 Å². The van der Waals surface area contributed by atoms with Crippen molar-refractivity contribution in [3.63, 3.8) is 0 Å². The highest BCUT2D eigenvalue weighted by Crippen LogP contribution is 2.54. The maximum atomic E-state index is 13.4. The van der Waals surface area contributed by atoms with Gasteiger partial charge in [0.2, 0.25) is 17.7 Å². The fourth-order valence-corrected chi connectivity index (χ4v) is 5.25. The number of unbranched alkanes of at least 4 members (excludes halogenated alkanes) is 1. The summed E-state index contributed by atoms with van der Waals surface area (Å²) in [5, 5.41) is 6.83. The van der Waals surface area contributed by atoms with E-state index in [1.54, 1.807) is 18.2 Å². The molecule has 0 aliphatic carbocycles. The zero-order valence-electron chi connectivity index (χ0n) is 16.4. The molecule has 2 fully saturated rings. The van der Waals surface area contributed by atoms with Crippen molar-refractivity contribution in [1.82, 2.24) is 10.2 Å². The van der Waals surface area contributed by atoms with Gasteiger partial charge < -0.3 is 5.32 Å². The van der Waals surface area contributed by atoms with Crippen molar-refractivity contribution in [2.24, 2.45) is 17.8 Å². The van der Waals surface area contributed by atoms with Gasteiger partial charge in [0, 0.05) is 28.9 Å². The maximum absolute atomic E-state index is 13.4. The van der Waals surface area contributed by atoms with Gasteiger partial charge in [0.25, 0.3) is 0 Å². The van der Waals surface area contributed by atoms with E-state index in [4.69, 9.17) is 11.6 Å². The van der Waals surface area contributed by atoms with Crippen LogP contribution in [0.5, 0.6) is 0 Å². The number of nitrogens with one attached hydrogen (secondary N) is 2. The summed E-state index contributed by atoms with van der Waals surface area (Å²) in [4.78, 5) is 41.2. The standard InChI is InChI=1S/C21H26ClN3O3/c1-4-5-8-25-18(26)16-15(9-11(2)3)24-21(17(16)19(25)27)13-10-12(22)6-7-14(13)23-20(21)28/h6-7,10-11,15-17,24H,4-5,8-9H2,1-3H3,(H,23,28)/t15?,16-,17+,21?/m1/s1. The molecule has 3 aliphatic rings. The Balaban J connectivity index is 1.84. The highest BCUT2D eigenvalue weighted by Gasteiger charge is 2.70. The van der Waals surface area contributed by atoms with Gasteiger partial charge in [-0.05, 0) is 37.0 Å². The third kappa shape index (κ3) is 2.61. The van der Waals surface area contributed by atoms with Crippen molar-refractivity contribution >= 4 is 35.0 Å². The summed E-state index contributed by atoms with van der Waals surface area (Å²) in [6.07, 6.45) is 2.37. The van der Waals surface area contributed by atoms with Crippen LogP contribution in [0.3, 0.4) is 0 Å². The first-order valence-corrected chi connectivity index (χ1v) is 10.4. The Morgan fingerprint density at radius 2 is 1.96 bits per heavy atom. The van der Waals surface area contributed by atoms with Crippen LogP contribution in [-0.2, 0) is 19.9 Å². The lowest BCUT2D eigenvalue weighted by atomic mass is 9.76. The third-order valence-electron chi connectivity index (χ3n) is 6.23. The highest BCUT2D eigenvalue weighted by molar-refractivity contribution is 6.31. The molecule has 4 rings (SSSR count). The molecule has 3 amide bonds. The minimum Gasteiger partial charge on any atom is -0.324 e. The van der Waals surface area contributed by atoms with Gasteiger partial charge in [-0.1, -0.05) is 38.8 Å². The van der Waals surface area contributed by atoms with E-state index < -0.39 is 17.4 Å². The summed E-state index contributed by atoms with van der Waals surface area (Å²) in [5.74, 6) is -1.61. The van der Waals surface area contributed by atoms with Crippen LogP contribution in [0.2, 0.25) is 5.02 Å². The van der Waals surface area contributed by atoms with E-state index in [2.05, 4.69) is 24.5 Å². The van der Waals surface area contributed by atoms with E-state index in [1.807, 2.05) is 6.92 Å². The molecule has 3 heterocycles. The Morgan fingerprint density at radius 3 is 2.64 bits per heavy atom. The molecule has 2 saturated heterocycles. The summed E-state index contributed by atoms with van der Waals surface area (Å²) < 4.78 is 0. The van der Waals surface area contributed by atoms with Gasteiger partial charge in [-0.3, -0.25) is 24.6 Å². The molecule has 1 aromatic rings. The first-order valence-electron chi connectivity index (χ1n) is 10.1. The summed E-state index contributed by atoms with van der Waals surface area (Å²) >= 11 is 6.23. The monoisotopic (exact) mass is 403 g/mol. The van der Waals surface area contributed by atoms with Gasteiger partial charge in [0.05, 0.1) is 11.8 Å². The van der Waals surface area contributed by atoms with Crippen LogP contribution in [-0.4, -0.2) is 35.2 Å². The zero-order chi connectivity index (χ0) is 20.2. The molecule has 2 N–H and O–H groups in total. The van der Waals surface area contributed by atoms with Crippen molar-refractivity contribution in [2.45, 2.75) is 51.6 Å². The fraction of sp³-hybridized carbons (Fsp3) is 0.571. The van der Waals surface area contributed by atoms with E-state index in [1.165, 1.54) is 4.90 Å². The number of carbonyl (C=O) groups excluding carboxylic acids is 3. The number of benzene rings is 1. The molecule has 1 aromatic carbocycles. The van der Waals surface area contributed by atoms with Gasteiger partial charge in [0.1, 0.15) is 5.54 Å². The molecule has 3 aliphatic heterocycles. The molecule has 6 nitrogen and oxygen atoms in total. The van der Waals surface area contributed by atoms with Crippen molar-refractivity contribution < 1.29 is 14.4 Å². The Hall–Kier alpha value is -1.92. The molecule has 0 bridgehead atoms. The SMILES string of the molecule is CCCCN1C(=O)[C@@H]2C(CC(C)C)NC3(C(=O)Nc4ccc(Cl)cc43)[C@@H]2C1=O. The van der Waals surface area contributed by atoms with Crippen LogP contribution >= 0.6 is 11.6 Å². The first-order chi connectivity index (χ1) is 13.3. The minimum atomic E-state index is -1.24. The first kappa shape index (κ1) is 19.4. The van der Waals surface area contributed by atoms with Gasteiger partial charge in [-0.25, -0.2) is 0 Å². The maximum Gasteiger partial charge on any atom is 0.250 e. The summed E-state index contributed by atoms with van der Waals surface area (Å²) in [6, 6.07) is 4.98. The second-order valence-electron chi connectivity index (χ2n) is 8.52. The highest BCUT2D eigenvalue weighted by atomic mass is 35.5. The van der Waals surface area contributed by atoms with Crippen LogP contribution in [0.4, 0.5) is 5.69 Å². The molecule has 2 unspecified atom stereocenters. The number of carbonyl (C=O) groups is 3. The lowest BCUT2D eigenvalue weighted by molar-refractivity contribution is -0.142. The number of hydrogen-bond donors (Lipinski definition) is 2. The third-order valence-corrected chi connectivity index (χ3v) is 6.46. The molecule has 0 radical (unpaired) electrons. The number of anilines is 1. The Kier molecular flexibility index (Phi) is 4.74. The average molecular weight is 404 g/mol. The molecule has 7 heteroatoms. The topological polar surface area (TPSA) is 78.5 Å². The van der Waals surface area contributed by atoms with Crippen LogP contribution < -0.4 is 10.6 Å². The van der Waals surface area contributed by atoms with Crippen LogP contribution in [0.25, 0.3) is 0 Å². The zero-order valence-corrected chi connectivity index (χ0v) is 17.2. The second-order valence-corrected chi connectivity index (χ2v) is 8.95. The average Bonchev–Trinajstić information content (AvgIpc) is 3.19. The number of amides is 3. The van der Waals surface area contributed by atoms with E-state index in [-0.39, 0.29) is 23.8 Å². The van der Waals surface area contributed by atoms with Crippen LogP contribution in [0, 0.1) is 17.8 Å². The lowest BCUT2D eigenvalue weighted by Crippen LogP contribution is -2.53. The number of halogens is 1. The molecular formula is C21H26ClN3O3. The number of rotatable bonds is 5. The summed E-state index contributed by atoms with van der Waals surface area (Å²) in [6.45, 7) is 6.60. The predicted octanol–water partition coefficient (Wildman–Crippen LogP) is 2.91. The molecular weight excluding hydrogens is 378 g/mol. The van der Waals surface area contributed by atoms with Crippen molar-refractivity contribution in [2.75, 3.05) is 11.9 Å². The van der Waals surface area contributed by atoms with Crippen molar-refractivity contribution in [1.29, 1.82) is 0 Å². The molecule has 0 aromatic heterocycles. The van der Waals surface area contributed by atoms with Gasteiger partial charge in [-0.15, -0.1) is 0 Å². The second kappa shape index (κ2) is 6.85. The summed E-state index contributed by atoms with van der Waals surface area (Å²) in [7, 11) is 0. The number of nitrogens with zero attached hydrogens (tertiary/aromatic N) is 1. The van der Waals surface area contributed by atoms with Gasteiger partial charge in [0.15, 0.2) is 0 Å². The number of imide groups is 1. The van der Waals surface area contributed by atoms with E-state index >= 15 is 0 Å². The smallest absolute Gasteiger partial charge is 0.250 e. The largest absolute Gasteiger partial charge is 0.324 e. The number of hydrogen-bond acceptors (Lipinski definition) is 4. The van der Waals surface area contributed by atoms with Gasteiger partial charge >= 0.3 is 0 Å². The quantitative estimate of drug-likeness (QED) is 0.741. The molecule has 150 valence electrons. The number of fused-ring (bicyclic) bond motifs is 4. The number of likely N-dealkylation sites (tertiary alicyclic amines) is 1. The molecule has 28 heavy (non-hydrogen) atoms. The van der Waals surface area contributed by atoms with Crippen molar-refractivity contribution in [3.8, 4) is 0 Å². The molecule has 1 spiro atoms. The van der Waals surface area contributed by atoms with Crippen LogP contribution in [0.1, 0.15) is 45.6 Å². The minimum absolute atomic E-state index is 0.151. The Bertz CT molecular complexity index is 855. The lowest BCUT2D eigenvalue weighted by Gasteiger charge is -2.30. The normalized spacial score (nSPS) is 31.1. The van der Waals surface area contributed by atoms with E-state index in [9.17, 15) is 14.4 Å². The molecule has 0 saturated carbocycles. The Morgan fingerprint density at radius 1 is 1.21 bits per heavy atom. The predicted molar refractivity (Wildman–Crippen MR) is 107 cm³/mol.